The largest absolute Gasteiger partial charge is 0.390 e. The molecule has 1 aliphatic rings. The number of ether oxygens (including phenoxy) is 1. The van der Waals surface area contributed by atoms with E-state index in [0.717, 1.165) is 34.1 Å². The Morgan fingerprint density at radius 1 is 1.10 bits per heavy atom. The van der Waals surface area contributed by atoms with Crippen molar-refractivity contribution in [3.05, 3.63) is 70.3 Å². The number of sulfonamides is 2. The van der Waals surface area contributed by atoms with E-state index in [4.69, 9.17) is 4.74 Å². The van der Waals surface area contributed by atoms with Gasteiger partial charge in [-0.3, -0.25) is 14.9 Å². The SMILES string of the molecule is CC(C)CN(C[C@@H](O)[C@H](Cc1ccccc1)NC(=O)CNS(=O)(=O)C[C@H]1CCOC1)S(=O)(=O)c1ccc([N+](=O)[O-])cc1. The van der Waals surface area contributed by atoms with E-state index in [2.05, 4.69) is 10.0 Å². The molecular formula is C27H38N4O9S2. The molecule has 13 nitrogen and oxygen atoms in total. The molecule has 3 atom stereocenters. The average molecular weight is 627 g/mol. The van der Waals surface area contributed by atoms with E-state index in [9.17, 15) is 36.9 Å². The Kier molecular flexibility index (Phi) is 12.0. The predicted octanol–water partition coefficient (Wildman–Crippen LogP) is 1.29. The number of nitro groups is 1. The Hall–Kier alpha value is -2.95. The maximum atomic E-state index is 13.5. The highest BCUT2D eigenvalue weighted by molar-refractivity contribution is 7.89. The second-order valence-electron chi connectivity index (χ2n) is 10.7. The van der Waals surface area contributed by atoms with Crippen LogP contribution >= 0.6 is 0 Å². The quantitative estimate of drug-likeness (QED) is 0.182. The summed E-state index contributed by atoms with van der Waals surface area (Å²) >= 11 is 0. The number of benzene rings is 2. The van der Waals surface area contributed by atoms with Gasteiger partial charge in [0.15, 0.2) is 0 Å². The third-order valence-corrected chi connectivity index (χ3v) is 10.0. The summed E-state index contributed by atoms with van der Waals surface area (Å²) in [5.41, 5.74) is 0.500. The molecule has 1 saturated heterocycles. The summed E-state index contributed by atoms with van der Waals surface area (Å²) in [5, 5.41) is 25.0. The van der Waals surface area contributed by atoms with Crippen LogP contribution in [0.25, 0.3) is 0 Å². The summed E-state index contributed by atoms with van der Waals surface area (Å²) in [6.07, 6.45) is -0.617. The molecule has 1 aliphatic heterocycles. The van der Waals surface area contributed by atoms with Crippen LogP contribution in [0.1, 0.15) is 25.8 Å². The minimum absolute atomic E-state index is 0.0348. The van der Waals surface area contributed by atoms with Crippen LogP contribution in [0, 0.1) is 22.0 Å². The van der Waals surface area contributed by atoms with Gasteiger partial charge < -0.3 is 15.2 Å². The van der Waals surface area contributed by atoms with Crippen LogP contribution in [0.15, 0.2) is 59.5 Å². The molecule has 0 saturated carbocycles. The molecule has 2 aromatic rings. The number of non-ortho nitro benzene ring substituents is 1. The highest BCUT2D eigenvalue weighted by Gasteiger charge is 2.32. The monoisotopic (exact) mass is 626 g/mol. The summed E-state index contributed by atoms with van der Waals surface area (Å²) in [6, 6.07) is 12.5. The standard InChI is InChI=1S/C27H38N4O9S2/c1-20(2)16-30(42(38,39)24-10-8-23(9-11-24)31(34)35)17-26(32)25(14-21-6-4-3-5-7-21)29-27(33)15-28-41(36,37)19-22-12-13-40-18-22/h3-11,20,22,25-26,28,32H,12-19H2,1-2H3,(H,29,33)/t22-,25-,26+/m0/s1. The fourth-order valence-electron chi connectivity index (χ4n) is 4.57. The van der Waals surface area contributed by atoms with Gasteiger partial charge in [-0.1, -0.05) is 44.2 Å². The third-order valence-electron chi connectivity index (χ3n) is 6.69. The zero-order valence-corrected chi connectivity index (χ0v) is 25.2. The number of aliphatic hydroxyl groups excluding tert-OH is 1. The topological polar surface area (TPSA) is 185 Å². The molecule has 0 unspecified atom stereocenters. The van der Waals surface area contributed by atoms with E-state index in [1.54, 1.807) is 44.2 Å². The lowest BCUT2D eigenvalue weighted by molar-refractivity contribution is -0.384. The molecule has 0 bridgehead atoms. The zero-order valence-electron chi connectivity index (χ0n) is 23.6. The number of hydrogen-bond donors (Lipinski definition) is 3. The number of rotatable bonds is 16. The highest BCUT2D eigenvalue weighted by Crippen LogP contribution is 2.22. The summed E-state index contributed by atoms with van der Waals surface area (Å²) in [6.45, 7) is 3.54. The summed E-state index contributed by atoms with van der Waals surface area (Å²) in [4.78, 5) is 23.0. The lowest BCUT2D eigenvalue weighted by Crippen LogP contribution is -2.52. The fraction of sp³-hybridized carbons (Fsp3) is 0.519. The Bertz CT molecular complexity index is 1400. The Morgan fingerprint density at radius 2 is 1.76 bits per heavy atom. The first-order valence-electron chi connectivity index (χ1n) is 13.6. The minimum atomic E-state index is -4.17. The minimum Gasteiger partial charge on any atom is -0.390 e. The molecule has 0 radical (unpaired) electrons. The van der Waals surface area contributed by atoms with Crippen molar-refractivity contribution in [1.29, 1.82) is 0 Å². The molecule has 15 heteroatoms. The van der Waals surface area contributed by atoms with Crippen LogP contribution in [0.4, 0.5) is 5.69 Å². The van der Waals surface area contributed by atoms with Crippen LogP contribution in [-0.4, -0.2) is 87.8 Å². The summed E-state index contributed by atoms with van der Waals surface area (Å²) in [5.74, 6) is -1.13. The molecule has 232 valence electrons. The van der Waals surface area contributed by atoms with Crippen molar-refractivity contribution in [2.75, 3.05) is 38.6 Å². The maximum Gasteiger partial charge on any atom is 0.269 e. The lowest BCUT2D eigenvalue weighted by atomic mass is 10.0. The van der Waals surface area contributed by atoms with Gasteiger partial charge >= 0.3 is 0 Å². The van der Waals surface area contributed by atoms with Crippen LogP contribution in [-0.2, 0) is 36.0 Å². The van der Waals surface area contributed by atoms with Crippen molar-refractivity contribution in [1.82, 2.24) is 14.3 Å². The Morgan fingerprint density at radius 3 is 2.33 bits per heavy atom. The lowest BCUT2D eigenvalue weighted by Gasteiger charge is -2.30. The highest BCUT2D eigenvalue weighted by atomic mass is 32.2. The number of aliphatic hydroxyl groups is 1. The van der Waals surface area contributed by atoms with E-state index in [1.807, 2.05) is 0 Å². The first kappa shape index (κ1) is 33.6. The van der Waals surface area contributed by atoms with Gasteiger partial charge in [-0.25, -0.2) is 21.6 Å². The summed E-state index contributed by atoms with van der Waals surface area (Å²) < 4.78 is 60.5. The number of nitro benzene ring substituents is 1. The number of nitrogens with zero attached hydrogens (tertiary/aromatic N) is 2. The van der Waals surface area contributed by atoms with Crippen molar-refractivity contribution < 1.29 is 36.4 Å². The van der Waals surface area contributed by atoms with Gasteiger partial charge in [0.2, 0.25) is 26.0 Å². The van der Waals surface area contributed by atoms with E-state index in [-0.39, 0.29) is 47.7 Å². The third kappa shape index (κ3) is 10.1. The van der Waals surface area contributed by atoms with Gasteiger partial charge in [0.05, 0.1) is 40.9 Å². The normalized spacial score (nSPS) is 17.3. The first-order valence-corrected chi connectivity index (χ1v) is 16.7. The second-order valence-corrected chi connectivity index (χ2v) is 14.5. The molecular weight excluding hydrogens is 588 g/mol. The number of carbonyl (C=O) groups excluding carboxylic acids is 1. The molecule has 0 spiro atoms. The van der Waals surface area contributed by atoms with Crippen molar-refractivity contribution in [2.24, 2.45) is 11.8 Å². The molecule has 3 rings (SSSR count). The molecule has 3 N–H and O–H groups in total. The van der Waals surface area contributed by atoms with Gasteiger partial charge in [0.1, 0.15) is 0 Å². The molecule has 1 heterocycles. The van der Waals surface area contributed by atoms with E-state index in [1.165, 1.54) is 0 Å². The Labute approximate surface area is 246 Å². The van der Waals surface area contributed by atoms with Crippen LogP contribution < -0.4 is 10.0 Å². The van der Waals surface area contributed by atoms with E-state index >= 15 is 0 Å². The fourth-order valence-corrected chi connectivity index (χ4v) is 7.55. The average Bonchev–Trinajstić information content (AvgIpc) is 3.44. The van der Waals surface area contributed by atoms with Crippen molar-refractivity contribution in [3.63, 3.8) is 0 Å². The zero-order chi connectivity index (χ0) is 30.9. The number of hydrogen-bond acceptors (Lipinski definition) is 9. The smallest absolute Gasteiger partial charge is 0.269 e. The molecule has 2 aromatic carbocycles. The number of amides is 1. The van der Waals surface area contributed by atoms with E-state index in [0.29, 0.717) is 19.6 Å². The molecule has 1 fully saturated rings. The Balaban J connectivity index is 1.77. The van der Waals surface area contributed by atoms with Crippen LogP contribution in [0.3, 0.4) is 0 Å². The van der Waals surface area contributed by atoms with Gasteiger partial charge in [-0.15, -0.1) is 0 Å². The molecule has 0 aromatic heterocycles. The van der Waals surface area contributed by atoms with Crippen molar-refractivity contribution in [2.45, 2.75) is 43.7 Å². The second kappa shape index (κ2) is 15.0. The summed E-state index contributed by atoms with van der Waals surface area (Å²) in [7, 11) is -7.92. The molecule has 1 amide bonds. The van der Waals surface area contributed by atoms with Gasteiger partial charge in [-0.2, -0.15) is 4.31 Å². The number of carbonyl (C=O) groups is 1. The van der Waals surface area contributed by atoms with Crippen molar-refractivity contribution >= 4 is 31.6 Å². The molecule has 0 aliphatic carbocycles. The predicted molar refractivity (Wildman–Crippen MR) is 155 cm³/mol. The first-order chi connectivity index (χ1) is 19.8. The van der Waals surface area contributed by atoms with Crippen LogP contribution in [0.2, 0.25) is 0 Å². The van der Waals surface area contributed by atoms with Crippen LogP contribution in [0.5, 0.6) is 0 Å². The van der Waals surface area contributed by atoms with Gasteiger partial charge in [0.25, 0.3) is 5.69 Å². The molecule has 42 heavy (non-hydrogen) atoms. The van der Waals surface area contributed by atoms with Crippen molar-refractivity contribution in [3.8, 4) is 0 Å². The maximum absolute atomic E-state index is 13.5. The van der Waals surface area contributed by atoms with E-state index < -0.39 is 49.6 Å². The number of nitrogens with one attached hydrogen (secondary N) is 2. The van der Waals surface area contributed by atoms with Gasteiger partial charge in [-0.05, 0) is 42.4 Å². The van der Waals surface area contributed by atoms with Gasteiger partial charge in [0, 0.05) is 31.8 Å².